The Hall–Kier alpha value is -0.130. The van der Waals surface area contributed by atoms with Crippen LogP contribution in [0.1, 0.15) is 12.8 Å². The number of fused-ring (bicyclic) bond motifs is 2. The van der Waals surface area contributed by atoms with Crippen molar-refractivity contribution in [1.82, 2.24) is 10.2 Å². The minimum Gasteiger partial charge on any atom is -0.313 e. The summed E-state index contributed by atoms with van der Waals surface area (Å²) in [6.07, 6.45) is 3.75. The molecule has 0 radical (unpaired) electrons. The van der Waals surface area contributed by atoms with E-state index in [0.29, 0.717) is 12.6 Å². The highest BCUT2D eigenvalue weighted by atomic mass is 32.2. The van der Waals surface area contributed by atoms with Gasteiger partial charge in [-0.3, -0.25) is 0 Å². The fourth-order valence-electron chi connectivity index (χ4n) is 2.65. The van der Waals surface area contributed by atoms with E-state index in [2.05, 4.69) is 10.2 Å². The third-order valence-corrected chi connectivity index (χ3v) is 4.46. The number of hydrogen-bond acceptors (Lipinski definition) is 4. The van der Waals surface area contributed by atoms with Gasteiger partial charge in [-0.15, -0.1) is 0 Å². The molecule has 2 aliphatic rings. The lowest BCUT2D eigenvalue weighted by Gasteiger charge is -2.31. The molecule has 0 aliphatic carbocycles. The van der Waals surface area contributed by atoms with Crippen LogP contribution in [0.25, 0.3) is 0 Å². The van der Waals surface area contributed by atoms with Gasteiger partial charge in [0, 0.05) is 25.4 Å². The standard InChI is InChI=1S/C10H20N2O2S/c1-15(13,14)7-4-11-10-3-6-12-5-2-9(10)8-12/h9-11H,2-8H2,1H3. The Morgan fingerprint density at radius 2 is 2.07 bits per heavy atom. The molecule has 4 nitrogen and oxygen atoms in total. The van der Waals surface area contributed by atoms with Crippen molar-refractivity contribution < 1.29 is 8.42 Å². The van der Waals surface area contributed by atoms with Gasteiger partial charge in [0.2, 0.25) is 0 Å². The molecule has 0 aromatic heterocycles. The van der Waals surface area contributed by atoms with Crippen LogP contribution in [0.5, 0.6) is 0 Å². The molecule has 15 heavy (non-hydrogen) atoms. The van der Waals surface area contributed by atoms with Crippen molar-refractivity contribution in [3.8, 4) is 0 Å². The van der Waals surface area contributed by atoms with Crippen molar-refractivity contribution in [1.29, 1.82) is 0 Å². The monoisotopic (exact) mass is 232 g/mol. The van der Waals surface area contributed by atoms with Gasteiger partial charge in [0.15, 0.2) is 0 Å². The normalized spacial score (nSPS) is 35.7. The van der Waals surface area contributed by atoms with Crippen LogP contribution in [0.4, 0.5) is 0 Å². The van der Waals surface area contributed by atoms with E-state index in [1.807, 2.05) is 0 Å². The number of piperidine rings is 1. The lowest BCUT2D eigenvalue weighted by Crippen LogP contribution is -2.45. The molecular weight excluding hydrogens is 212 g/mol. The Morgan fingerprint density at radius 3 is 2.80 bits per heavy atom. The number of nitrogens with zero attached hydrogens (tertiary/aromatic N) is 1. The largest absolute Gasteiger partial charge is 0.313 e. The Bertz CT molecular complexity index is 315. The summed E-state index contributed by atoms with van der Waals surface area (Å²) in [6.45, 7) is 4.22. The van der Waals surface area contributed by atoms with Crippen LogP contribution < -0.4 is 5.32 Å². The molecule has 1 N–H and O–H groups in total. The van der Waals surface area contributed by atoms with Crippen LogP contribution in [0.3, 0.4) is 0 Å². The molecule has 2 bridgehead atoms. The van der Waals surface area contributed by atoms with Gasteiger partial charge in [-0.25, -0.2) is 8.42 Å². The SMILES string of the molecule is CS(=O)(=O)CCNC1CCN2CCC1C2. The number of nitrogens with one attached hydrogen (secondary N) is 1. The summed E-state index contributed by atoms with van der Waals surface area (Å²) in [5.74, 6) is 1.01. The molecule has 2 rings (SSSR count). The van der Waals surface area contributed by atoms with Crippen molar-refractivity contribution in [3.63, 3.8) is 0 Å². The van der Waals surface area contributed by atoms with Gasteiger partial charge >= 0.3 is 0 Å². The topological polar surface area (TPSA) is 49.4 Å². The van der Waals surface area contributed by atoms with Gasteiger partial charge in [-0.2, -0.15) is 0 Å². The molecule has 0 saturated carbocycles. The Kier molecular flexibility index (Phi) is 3.33. The second-order valence-electron chi connectivity index (χ2n) is 4.83. The maximum Gasteiger partial charge on any atom is 0.148 e. The highest BCUT2D eigenvalue weighted by Gasteiger charge is 2.33. The van der Waals surface area contributed by atoms with Crippen LogP contribution in [-0.2, 0) is 9.84 Å². The zero-order valence-corrected chi connectivity index (χ0v) is 10.1. The maximum absolute atomic E-state index is 11.0. The fourth-order valence-corrected chi connectivity index (χ4v) is 3.14. The molecule has 5 heteroatoms. The first kappa shape index (κ1) is 11.4. The number of sulfone groups is 1. The van der Waals surface area contributed by atoms with E-state index in [9.17, 15) is 8.42 Å². The molecule has 0 aromatic carbocycles. The van der Waals surface area contributed by atoms with Crippen LogP contribution >= 0.6 is 0 Å². The number of rotatable bonds is 4. The summed E-state index contributed by atoms with van der Waals surface area (Å²) in [7, 11) is -2.81. The Labute approximate surface area is 91.9 Å². The van der Waals surface area contributed by atoms with Gasteiger partial charge in [0.25, 0.3) is 0 Å². The zero-order valence-electron chi connectivity index (χ0n) is 9.28. The molecular formula is C10H20N2O2S. The summed E-state index contributed by atoms with van der Waals surface area (Å²) >= 11 is 0. The van der Waals surface area contributed by atoms with Crippen LogP contribution in [-0.4, -0.2) is 57.5 Å². The van der Waals surface area contributed by atoms with Crippen LogP contribution in [0, 0.1) is 5.92 Å². The molecule has 3 atom stereocenters. The molecule has 88 valence electrons. The molecule has 2 saturated heterocycles. The van der Waals surface area contributed by atoms with Crippen molar-refractivity contribution >= 4 is 9.84 Å². The lowest BCUT2D eigenvalue weighted by atomic mass is 9.94. The summed E-state index contributed by atoms with van der Waals surface area (Å²) in [5.41, 5.74) is 0. The van der Waals surface area contributed by atoms with E-state index in [0.717, 1.165) is 5.92 Å². The van der Waals surface area contributed by atoms with E-state index in [-0.39, 0.29) is 5.75 Å². The second kappa shape index (κ2) is 4.39. The predicted octanol–water partition coefficient (Wildman–Crippen LogP) is -0.285. The van der Waals surface area contributed by atoms with Crippen LogP contribution in [0.2, 0.25) is 0 Å². The van der Waals surface area contributed by atoms with Gasteiger partial charge in [-0.05, 0) is 31.8 Å². The van der Waals surface area contributed by atoms with Gasteiger partial charge in [0.05, 0.1) is 5.75 Å². The first-order valence-electron chi connectivity index (χ1n) is 5.68. The molecule has 3 unspecified atom stereocenters. The summed E-state index contributed by atoms with van der Waals surface area (Å²) in [4.78, 5) is 2.50. The van der Waals surface area contributed by atoms with Gasteiger partial charge < -0.3 is 10.2 Å². The summed E-state index contributed by atoms with van der Waals surface area (Å²) < 4.78 is 22.0. The third kappa shape index (κ3) is 3.16. The minimum atomic E-state index is -2.81. The molecule has 2 fully saturated rings. The van der Waals surface area contributed by atoms with Crippen molar-refractivity contribution in [2.45, 2.75) is 18.9 Å². The molecule has 0 spiro atoms. The van der Waals surface area contributed by atoms with Crippen molar-refractivity contribution in [2.24, 2.45) is 5.92 Å². The van der Waals surface area contributed by atoms with Crippen molar-refractivity contribution in [3.05, 3.63) is 0 Å². The lowest BCUT2D eigenvalue weighted by molar-refractivity contribution is 0.223. The molecule has 2 aliphatic heterocycles. The van der Waals surface area contributed by atoms with E-state index >= 15 is 0 Å². The van der Waals surface area contributed by atoms with E-state index in [1.54, 1.807) is 0 Å². The second-order valence-corrected chi connectivity index (χ2v) is 7.09. The average Bonchev–Trinajstić information content (AvgIpc) is 2.51. The highest BCUT2D eigenvalue weighted by Crippen LogP contribution is 2.26. The van der Waals surface area contributed by atoms with Crippen LogP contribution in [0.15, 0.2) is 0 Å². The molecule has 2 heterocycles. The van der Waals surface area contributed by atoms with Gasteiger partial charge in [-0.1, -0.05) is 0 Å². The highest BCUT2D eigenvalue weighted by molar-refractivity contribution is 7.90. The first-order chi connectivity index (χ1) is 7.04. The van der Waals surface area contributed by atoms with E-state index < -0.39 is 9.84 Å². The smallest absolute Gasteiger partial charge is 0.148 e. The molecule has 0 amide bonds. The fraction of sp³-hybridized carbons (Fsp3) is 1.00. The van der Waals surface area contributed by atoms with E-state index in [4.69, 9.17) is 0 Å². The molecule has 0 aromatic rings. The third-order valence-electron chi connectivity index (χ3n) is 3.51. The quantitative estimate of drug-likeness (QED) is 0.724. The van der Waals surface area contributed by atoms with E-state index in [1.165, 1.54) is 38.7 Å². The summed E-state index contributed by atoms with van der Waals surface area (Å²) in [5, 5.41) is 3.40. The summed E-state index contributed by atoms with van der Waals surface area (Å²) in [6, 6.07) is 0.547. The first-order valence-corrected chi connectivity index (χ1v) is 7.74. The Balaban J connectivity index is 1.75. The zero-order chi connectivity index (χ0) is 10.9. The number of hydrogen-bond donors (Lipinski definition) is 1. The maximum atomic E-state index is 11.0. The van der Waals surface area contributed by atoms with Crippen molar-refractivity contribution in [2.75, 3.05) is 38.2 Å². The predicted molar refractivity (Wildman–Crippen MR) is 60.7 cm³/mol. The minimum absolute atomic E-state index is 0.264. The Morgan fingerprint density at radius 1 is 1.33 bits per heavy atom. The van der Waals surface area contributed by atoms with Gasteiger partial charge in [0.1, 0.15) is 9.84 Å². The average molecular weight is 232 g/mol.